The van der Waals surface area contributed by atoms with Crippen molar-refractivity contribution >= 4 is 17.3 Å². The molecule has 0 bridgehead atoms. The first kappa shape index (κ1) is 19.2. The lowest BCUT2D eigenvalue weighted by Crippen LogP contribution is -2.48. The molecule has 0 aliphatic carbocycles. The zero-order chi connectivity index (χ0) is 19.4. The number of aromatic hydroxyl groups is 1. The van der Waals surface area contributed by atoms with Crippen LogP contribution in [0.1, 0.15) is 30.9 Å². The third kappa shape index (κ3) is 4.61. The maximum Gasteiger partial charge on any atom is 0.238 e. The Hall–Kier alpha value is -2.53. The van der Waals surface area contributed by atoms with Gasteiger partial charge >= 0.3 is 0 Å². The molecule has 0 unspecified atom stereocenters. The lowest BCUT2D eigenvalue weighted by Gasteiger charge is -2.36. The van der Waals surface area contributed by atoms with Gasteiger partial charge < -0.3 is 15.3 Å². The zero-order valence-electron chi connectivity index (χ0n) is 16.4. The van der Waals surface area contributed by atoms with E-state index < -0.39 is 0 Å². The van der Waals surface area contributed by atoms with Crippen molar-refractivity contribution in [2.45, 2.75) is 26.7 Å². The largest absolute Gasteiger partial charge is 0.506 e. The number of carbonyl (C=O) groups is 1. The molecule has 1 heterocycles. The molecular formula is C22H29N3O2. The summed E-state index contributed by atoms with van der Waals surface area (Å²) >= 11 is 0. The average Bonchev–Trinajstić information content (AvgIpc) is 2.64. The number of amides is 1. The van der Waals surface area contributed by atoms with Gasteiger partial charge in [-0.15, -0.1) is 0 Å². The van der Waals surface area contributed by atoms with Gasteiger partial charge in [0.15, 0.2) is 0 Å². The Morgan fingerprint density at radius 3 is 2.44 bits per heavy atom. The fourth-order valence-electron chi connectivity index (χ4n) is 3.60. The molecule has 1 fully saturated rings. The highest BCUT2D eigenvalue weighted by Crippen LogP contribution is 2.28. The van der Waals surface area contributed by atoms with Crippen molar-refractivity contribution in [2.75, 3.05) is 42.9 Å². The molecule has 1 saturated heterocycles. The highest BCUT2D eigenvalue weighted by molar-refractivity contribution is 5.94. The van der Waals surface area contributed by atoms with E-state index in [4.69, 9.17) is 0 Å². The van der Waals surface area contributed by atoms with Crippen LogP contribution in [-0.2, 0) is 4.79 Å². The summed E-state index contributed by atoms with van der Waals surface area (Å²) in [6.07, 6.45) is 0. The summed E-state index contributed by atoms with van der Waals surface area (Å²) in [5, 5.41) is 13.1. The van der Waals surface area contributed by atoms with Crippen LogP contribution in [-0.4, -0.2) is 48.6 Å². The number of carbonyl (C=O) groups excluding carboxylic acids is 1. The third-order valence-electron chi connectivity index (χ3n) is 5.15. The lowest BCUT2D eigenvalue weighted by molar-refractivity contribution is -0.117. The Morgan fingerprint density at radius 1 is 1.07 bits per heavy atom. The number of phenols is 1. The summed E-state index contributed by atoms with van der Waals surface area (Å²) in [5.74, 6) is 0.703. The van der Waals surface area contributed by atoms with Crippen molar-refractivity contribution in [3.63, 3.8) is 0 Å². The Morgan fingerprint density at radius 2 is 1.78 bits per heavy atom. The number of hydrogen-bond acceptors (Lipinski definition) is 4. The van der Waals surface area contributed by atoms with Crippen molar-refractivity contribution in [1.29, 1.82) is 0 Å². The van der Waals surface area contributed by atoms with Crippen LogP contribution in [0, 0.1) is 6.92 Å². The van der Waals surface area contributed by atoms with Crippen molar-refractivity contribution in [2.24, 2.45) is 0 Å². The SMILES string of the molecule is Cc1cccc(C(C)C)c1NC(=O)CN1CCN(c2ccccc2O)CC1. The van der Waals surface area contributed by atoms with E-state index in [1.807, 2.05) is 37.3 Å². The normalized spacial score (nSPS) is 15.2. The molecule has 5 nitrogen and oxygen atoms in total. The van der Waals surface area contributed by atoms with E-state index in [9.17, 15) is 9.90 Å². The van der Waals surface area contributed by atoms with E-state index in [1.54, 1.807) is 6.07 Å². The van der Waals surface area contributed by atoms with E-state index >= 15 is 0 Å². The third-order valence-corrected chi connectivity index (χ3v) is 5.15. The van der Waals surface area contributed by atoms with Crippen molar-refractivity contribution in [3.8, 4) is 5.75 Å². The van der Waals surface area contributed by atoms with Gasteiger partial charge in [-0.25, -0.2) is 0 Å². The van der Waals surface area contributed by atoms with Crippen molar-refractivity contribution in [1.82, 2.24) is 4.90 Å². The number of benzene rings is 2. The standard InChI is InChI=1S/C22H29N3O2/c1-16(2)18-8-6-7-17(3)22(18)23-21(27)15-24-11-13-25(14-12-24)19-9-4-5-10-20(19)26/h4-10,16,26H,11-15H2,1-3H3,(H,23,27). The van der Waals surface area contributed by atoms with Gasteiger partial charge in [-0.2, -0.15) is 0 Å². The summed E-state index contributed by atoms with van der Waals surface area (Å²) < 4.78 is 0. The van der Waals surface area contributed by atoms with Crippen LogP contribution in [0.15, 0.2) is 42.5 Å². The van der Waals surface area contributed by atoms with Crippen molar-refractivity contribution < 1.29 is 9.90 Å². The summed E-state index contributed by atoms with van der Waals surface area (Å²) in [7, 11) is 0. The Kier molecular flexibility index (Phi) is 6.01. The highest BCUT2D eigenvalue weighted by atomic mass is 16.3. The first-order valence-corrected chi connectivity index (χ1v) is 9.60. The van der Waals surface area contributed by atoms with Gasteiger partial charge in [-0.3, -0.25) is 9.69 Å². The second-order valence-electron chi connectivity index (χ2n) is 7.49. The topological polar surface area (TPSA) is 55.8 Å². The minimum Gasteiger partial charge on any atom is -0.506 e. The monoisotopic (exact) mass is 367 g/mol. The molecule has 1 amide bonds. The van der Waals surface area contributed by atoms with Crippen LogP contribution in [0.25, 0.3) is 0 Å². The van der Waals surface area contributed by atoms with E-state index in [0.29, 0.717) is 18.2 Å². The van der Waals surface area contributed by atoms with E-state index in [0.717, 1.165) is 43.1 Å². The van der Waals surface area contributed by atoms with Crippen LogP contribution in [0.5, 0.6) is 5.75 Å². The number of para-hydroxylation sites is 3. The predicted molar refractivity (Wildman–Crippen MR) is 111 cm³/mol. The molecular weight excluding hydrogens is 338 g/mol. The lowest BCUT2D eigenvalue weighted by atomic mass is 9.98. The molecule has 2 N–H and O–H groups in total. The maximum absolute atomic E-state index is 12.6. The van der Waals surface area contributed by atoms with Crippen LogP contribution < -0.4 is 10.2 Å². The van der Waals surface area contributed by atoms with Gasteiger partial charge in [-0.05, 0) is 36.1 Å². The molecule has 2 aromatic rings. The molecule has 27 heavy (non-hydrogen) atoms. The Bertz CT molecular complexity index is 796. The number of nitrogens with one attached hydrogen (secondary N) is 1. The van der Waals surface area contributed by atoms with E-state index in [2.05, 4.69) is 35.0 Å². The Balaban J connectivity index is 1.57. The summed E-state index contributed by atoms with van der Waals surface area (Å²) in [4.78, 5) is 16.9. The molecule has 0 saturated carbocycles. The summed E-state index contributed by atoms with van der Waals surface area (Å²) in [5.41, 5.74) is 4.08. The predicted octanol–water partition coefficient (Wildman–Crippen LogP) is 3.58. The number of rotatable bonds is 5. The minimum atomic E-state index is 0.0298. The Labute approximate surface area is 161 Å². The minimum absolute atomic E-state index is 0.0298. The van der Waals surface area contributed by atoms with Gasteiger partial charge in [0.05, 0.1) is 12.2 Å². The van der Waals surface area contributed by atoms with Crippen LogP contribution in [0.2, 0.25) is 0 Å². The van der Waals surface area contributed by atoms with Crippen LogP contribution >= 0.6 is 0 Å². The fraction of sp³-hybridized carbons (Fsp3) is 0.409. The van der Waals surface area contributed by atoms with Crippen molar-refractivity contribution in [3.05, 3.63) is 53.6 Å². The quantitative estimate of drug-likeness (QED) is 0.848. The molecule has 0 atom stereocenters. The van der Waals surface area contributed by atoms with E-state index in [1.165, 1.54) is 5.56 Å². The first-order chi connectivity index (χ1) is 13.0. The number of phenolic OH excluding ortho intramolecular Hbond substituents is 1. The molecule has 0 radical (unpaired) electrons. The van der Waals surface area contributed by atoms with Gasteiger partial charge in [0, 0.05) is 31.9 Å². The van der Waals surface area contributed by atoms with Crippen LogP contribution in [0.3, 0.4) is 0 Å². The molecule has 0 spiro atoms. The number of anilines is 2. The molecule has 2 aromatic carbocycles. The van der Waals surface area contributed by atoms with Crippen LogP contribution in [0.4, 0.5) is 11.4 Å². The first-order valence-electron chi connectivity index (χ1n) is 9.60. The van der Waals surface area contributed by atoms with E-state index in [-0.39, 0.29) is 5.91 Å². The fourth-order valence-corrected chi connectivity index (χ4v) is 3.60. The second-order valence-corrected chi connectivity index (χ2v) is 7.49. The highest BCUT2D eigenvalue weighted by Gasteiger charge is 2.21. The van der Waals surface area contributed by atoms with Gasteiger partial charge in [0.2, 0.25) is 5.91 Å². The van der Waals surface area contributed by atoms with Gasteiger partial charge in [0.1, 0.15) is 5.75 Å². The molecule has 144 valence electrons. The molecule has 5 heteroatoms. The molecule has 1 aliphatic heterocycles. The number of nitrogens with zero attached hydrogens (tertiary/aromatic N) is 2. The smallest absolute Gasteiger partial charge is 0.238 e. The second kappa shape index (κ2) is 8.44. The van der Waals surface area contributed by atoms with Gasteiger partial charge in [0.25, 0.3) is 0 Å². The molecule has 3 rings (SSSR count). The number of aryl methyl sites for hydroxylation is 1. The number of hydrogen-bond donors (Lipinski definition) is 2. The maximum atomic E-state index is 12.6. The molecule has 1 aliphatic rings. The summed E-state index contributed by atoms with van der Waals surface area (Å²) in [6.45, 7) is 9.90. The van der Waals surface area contributed by atoms with Gasteiger partial charge in [-0.1, -0.05) is 44.2 Å². The molecule has 0 aromatic heterocycles. The number of piperazine rings is 1. The summed E-state index contributed by atoms with van der Waals surface area (Å²) in [6, 6.07) is 13.6. The zero-order valence-corrected chi connectivity index (χ0v) is 16.4. The average molecular weight is 367 g/mol.